The molecule has 0 fully saturated rings. The highest BCUT2D eigenvalue weighted by Gasteiger charge is 2.38. The Morgan fingerprint density at radius 2 is 0.351 bits per heavy atom. The Labute approximate surface area is 331 Å². The fourth-order valence-electron chi connectivity index (χ4n) is 7.67. The molecule has 4 heteroatoms. The van der Waals surface area contributed by atoms with E-state index in [4.69, 9.17) is 0 Å². The predicted octanol–water partition coefficient (Wildman–Crippen LogP) is 12.0. The standard InChI is InChI=1S/C53H36O4/c54-33-37-1-9-41(10-2-37)45-17-25-49(26-18-45)53(50-27-19-46(20-28-50)42-11-3-38(34-55)4-12-42,51-29-21-47(22-30-51)43-13-5-39(35-56)6-14-43)52-31-23-48(24-32-52)44-15-7-40(36-57)8-16-44/h1-36H. The van der Waals surface area contributed by atoms with Gasteiger partial charge in [0.15, 0.2) is 0 Å². The van der Waals surface area contributed by atoms with Crippen molar-refractivity contribution >= 4 is 25.1 Å². The van der Waals surface area contributed by atoms with E-state index in [1.165, 1.54) is 0 Å². The Bertz CT molecular complexity index is 2270. The van der Waals surface area contributed by atoms with Gasteiger partial charge in [-0.3, -0.25) is 19.2 Å². The van der Waals surface area contributed by atoms with E-state index in [9.17, 15) is 19.2 Å². The molecule has 0 unspecified atom stereocenters. The topological polar surface area (TPSA) is 68.3 Å². The van der Waals surface area contributed by atoms with Crippen LogP contribution in [-0.4, -0.2) is 25.1 Å². The molecule has 0 aliphatic rings. The average Bonchev–Trinajstić information content (AvgIpc) is 3.30. The summed E-state index contributed by atoms with van der Waals surface area (Å²) in [5, 5.41) is 0. The highest BCUT2D eigenvalue weighted by molar-refractivity contribution is 5.80. The van der Waals surface area contributed by atoms with E-state index in [1.54, 1.807) is 0 Å². The van der Waals surface area contributed by atoms with E-state index in [-0.39, 0.29) is 0 Å². The van der Waals surface area contributed by atoms with Crippen molar-refractivity contribution in [1.82, 2.24) is 0 Å². The molecule has 0 saturated heterocycles. The first-order valence-corrected chi connectivity index (χ1v) is 18.7. The van der Waals surface area contributed by atoms with Crippen LogP contribution in [0.1, 0.15) is 63.7 Å². The minimum absolute atomic E-state index is 0.628. The van der Waals surface area contributed by atoms with E-state index in [0.717, 1.165) is 91.9 Å². The lowest BCUT2D eigenvalue weighted by molar-refractivity contribution is 0.111. The van der Waals surface area contributed by atoms with Crippen LogP contribution in [0, 0.1) is 0 Å². The van der Waals surface area contributed by atoms with Gasteiger partial charge in [-0.1, -0.05) is 194 Å². The molecule has 8 rings (SSSR count). The maximum atomic E-state index is 11.4. The van der Waals surface area contributed by atoms with E-state index in [0.29, 0.717) is 22.3 Å². The fraction of sp³-hybridized carbons (Fsp3) is 0.0189. The highest BCUT2D eigenvalue weighted by atomic mass is 16.1. The molecule has 0 spiro atoms. The van der Waals surface area contributed by atoms with E-state index in [2.05, 4.69) is 97.1 Å². The van der Waals surface area contributed by atoms with Crippen molar-refractivity contribution in [3.8, 4) is 44.5 Å². The summed E-state index contributed by atoms with van der Waals surface area (Å²) < 4.78 is 0. The maximum Gasteiger partial charge on any atom is 0.150 e. The molecule has 0 amide bonds. The van der Waals surface area contributed by atoms with Crippen molar-refractivity contribution in [2.75, 3.05) is 0 Å². The average molecular weight is 737 g/mol. The zero-order chi connectivity index (χ0) is 39.2. The first-order valence-electron chi connectivity index (χ1n) is 18.7. The van der Waals surface area contributed by atoms with E-state index < -0.39 is 5.41 Å². The first-order chi connectivity index (χ1) is 28.0. The van der Waals surface area contributed by atoms with Gasteiger partial charge in [0.25, 0.3) is 0 Å². The van der Waals surface area contributed by atoms with Crippen LogP contribution in [0.15, 0.2) is 194 Å². The second kappa shape index (κ2) is 16.0. The maximum absolute atomic E-state index is 11.4. The van der Waals surface area contributed by atoms with Crippen molar-refractivity contribution in [3.05, 3.63) is 239 Å². The molecule has 0 aliphatic carbocycles. The molecule has 0 bridgehead atoms. The normalized spacial score (nSPS) is 11.1. The summed E-state index contributed by atoms with van der Waals surface area (Å²) in [6.45, 7) is 0. The van der Waals surface area contributed by atoms with Crippen LogP contribution < -0.4 is 0 Å². The summed E-state index contributed by atoms with van der Waals surface area (Å²) in [6, 6.07) is 64.9. The molecule has 0 radical (unpaired) electrons. The third-order valence-corrected chi connectivity index (χ3v) is 10.8. The molecule has 0 aromatic heterocycles. The smallest absolute Gasteiger partial charge is 0.150 e. The van der Waals surface area contributed by atoms with Crippen molar-refractivity contribution in [3.63, 3.8) is 0 Å². The Morgan fingerprint density at radius 3 is 0.491 bits per heavy atom. The second-order valence-electron chi connectivity index (χ2n) is 14.0. The van der Waals surface area contributed by atoms with Gasteiger partial charge in [-0.15, -0.1) is 0 Å². The van der Waals surface area contributed by atoms with Crippen molar-refractivity contribution in [2.45, 2.75) is 5.41 Å². The molecule has 4 nitrogen and oxygen atoms in total. The zero-order valence-electron chi connectivity index (χ0n) is 30.9. The first kappa shape index (κ1) is 36.4. The summed E-state index contributed by atoms with van der Waals surface area (Å²) in [5.41, 5.74) is 14.1. The van der Waals surface area contributed by atoms with Crippen LogP contribution in [0.2, 0.25) is 0 Å². The molecule has 0 N–H and O–H groups in total. The number of hydrogen-bond donors (Lipinski definition) is 0. The zero-order valence-corrected chi connectivity index (χ0v) is 30.9. The predicted molar refractivity (Wildman–Crippen MR) is 228 cm³/mol. The Morgan fingerprint density at radius 1 is 0.211 bits per heavy atom. The van der Waals surface area contributed by atoms with Gasteiger partial charge >= 0.3 is 0 Å². The van der Waals surface area contributed by atoms with Gasteiger partial charge in [-0.05, 0) is 66.8 Å². The third-order valence-electron chi connectivity index (χ3n) is 10.8. The number of carbonyl (C=O) groups excluding carboxylic acids is 4. The summed E-state index contributed by atoms with van der Waals surface area (Å²) in [5.74, 6) is 0. The minimum Gasteiger partial charge on any atom is -0.298 e. The number of hydrogen-bond acceptors (Lipinski definition) is 4. The van der Waals surface area contributed by atoms with Crippen LogP contribution in [-0.2, 0) is 5.41 Å². The van der Waals surface area contributed by atoms with Crippen molar-refractivity contribution in [2.24, 2.45) is 0 Å². The lowest BCUT2D eigenvalue weighted by Gasteiger charge is -2.37. The number of rotatable bonds is 12. The van der Waals surface area contributed by atoms with Crippen LogP contribution >= 0.6 is 0 Å². The van der Waals surface area contributed by atoms with Gasteiger partial charge < -0.3 is 0 Å². The molecule has 0 saturated carbocycles. The molecule has 0 atom stereocenters. The third kappa shape index (κ3) is 7.20. The van der Waals surface area contributed by atoms with Gasteiger partial charge in [0.1, 0.15) is 25.1 Å². The monoisotopic (exact) mass is 736 g/mol. The van der Waals surface area contributed by atoms with E-state index in [1.807, 2.05) is 97.1 Å². The molecule has 57 heavy (non-hydrogen) atoms. The largest absolute Gasteiger partial charge is 0.298 e. The highest BCUT2D eigenvalue weighted by Crippen LogP contribution is 2.47. The van der Waals surface area contributed by atoms with Gasteiger partial charge in [-0.2, -0.15) is 0 Å². The number of carbonyl (C=O) groups is 4. The van der Waals surface area contributed by atoms with Crippen molar-refractivity contribution in [1.29, 1.82) is 0 Å². The van der Waals surface area contributed by atoms with Crippen LogP contribution in [0.4, 0.5) is 0 Å². The van der Waals surface area contributed by atoms with Crippen LogP contribution in [0.25, 0.3) is 44.5 Å². The van der Waals surface area contributed by atoms with E-state index >= 15 is 0 Å². The van der Waals surface area contributed by atoms with Crippen LogP contribution in [0.5, 0.6) is 0 Å². The Kier molecular flexibility index (Phi) is 10.2. The molecule has 0 heterocycles. The summed E-state index contributed by atoms with van der Waals surface area (Å²) in [6.07, 6.45) is 3.40. The summed E-state index contributed by atoms with van der Waals surface area (Å²) >= 11 is 0. The second-order valence-corrected chi connectivity index (χ2v) is 14.0. The Hall–Kier alpha value is -7.56. The molecule has 8 aromatic carbocycles. The fourth-order valence-corrected chi connectivity index (χ4v) is 7.67. The van der Waals surface area contributed by atoms with Gasteiger partial charge in [0.2, 0.25) is 0 Å². The Balaban J connectivity index is 1.32. The number of aldehydes is 4. The molecule has 8 aromatic rings. The quantitative estimate of drug-likeness (QED) is 0.0925. The lowest BCUT2D eigenvalue weighted by atomic mass is 9.64. The lowest BCUT2D eigenvalue weighted by Crippen LogP contribution is -2.31. The van der Waals surface area contributed by atoms with Gasteiger partial charge in [-0.25, -0.2) is 0 Å². The molecule has 272 valence electrons. The SMILES string of the molecule is O=Cc1ccc(-c2ccc(C(c3ccc(-c4ccc(C=O)cc4)cc3)(c3ccc(-c4ccc(C=O)cc4)cc3)c3ccc(-c4ccc(C=O)cc4)cc3)cc2)cc1. The summed E-state index contributed by atoms with van der Waals surface area (Å²) in [4.78, 5) is 45.4. The van der Waals surface area contributed by atoms with Crippen molar-refractivity contribution < 1.29 is 19.2 Å². The van der Waals surface area contributed by atoms with Crippen LogP contribution in [0.3, 0.4) is 0 Å². The van der Waals surface area contributed by atoms with Gasteiger partial charge in [0, 0.05) is 22.3 Å². The minimum atomic E-state index is -0.778. The molecule has 0 aliphatic heterocycles. The molecular weight excluding hydrogens is 701 g/mol. The molecular formula is C53H36O4. The van der Waals surface area contributed by atoms with Gasteiger partial charge in [0.05, 0.1) is 5.41 Å². The summed E-state index contributed by atoms with van der Waals surface area (Å²) in [7, 11) is 0. The number of benzene rings is 8.